The highest BCUT2D eigenvalue weighted by Crippen LogP contribution is 2.27. The predicted molar refractivity (Wildman–Crippen MR) is 52.9 cm³/mol. The summed E-state index contributed by atoms with van der Waals surface area (Å²) in [6.45, 7) is 1.50. The van der Waals surface area contributed by atoms with Crippen molar-refractivity contribution < 1.29 is 19.3 Å². The van der Waals surface area contributed by atoms with E-state index in [9.17, 15) is 24.2 Å². The van der Waals surface area contributed by atoms with Crippen LogP contribution in [-0.4, -0.2) is 38.1 Å². The highest BCUT2D eigenvalue weighted by Gasteiger charge is 2.41. The molecule has 7 nitrogen and oxygen atoms in total. The molecule has 1 aliphatic rings. The fourth-order valence-corrected chi connectivity index (χ4v) is 1.71. The summed E-state index contributed by atoms with van der Waals surface area (Å²) in [5.41, 5.74) is -2.06. The summed E-state index contributed by atoms with van der Waals surface area (Å²) >= 11 is 0. The normalized spacial score (nSPS) is 32.9. The van der Waals surface area contributed by atoms with Crippen molar-refractivity contribution in [3.05, 3.63) is 32.9 Å². The molecule has 1 aromatic heterocycles. The molecule has 2 unspecified atom stereocenters. The highest BCUT2D eigenvalue weighted by molar-refractivity contribution is 4.93. The summed E-state index contributed by atoms with van der Waals surface area (Å²) in [6.07, 6.45) is -3.83. The van der Waals surface area contributed by atoms with Gasteiger partial charge in [0.2, 0.25) is 5.82 Å². The van der Waals surface area contributed by atoms with Gasteiger partial charge in [-0.05, 0) is 6.92 Å². The van der Waals surface area contributed by atoms with Gasteiger partial charge in [-0.2, -0.15) is 4.39 Å². The number of aromatic amines is 1. The molecule has 2 heterocycles. The number of aromatic nitrogens is 2. The van der Waals surface area contributed by atoms with Crippen molar-refractivity contribution in [3.63, 3.8) is 0 Å². The molecule has 0 aliphatic carbocycles. The summed E-state index contributed by atoms with van der Waals surface area (Å²) in [4.78, 5) is 24.0. The molecule has 1 fully saturated rings. The molecule has 0 bridgehead atoms. The number of aliphatic hydroxyl groups excluding tert-OH is 2. The third-order valence-electron chi connectivity index (χ3n) is 2.68. The third-order valence-corrected chi connectivity index (χ3v) is 2.68. The van der Waals surface area contributed by atoms with Crippen molar-refractivity contribution in [1.29, 1.82) is 0 Å². The number of nitrogens with one attached hydrogen (secondary N) is 1. The Kier molecular flexibility index (Phi) is 2.86. The summed E-state index contributed by atoms with van der Waals surface area (Å²) in [5.74, 6) is -1.17. The maximum absolute atomic E-state index is 13.0. The van der Waals surface area contributed by atoms with Crippen LogP contribution < -0.4 is 11.2 Å². The molecule has 17 heavy (non-hydrogen) atoms. The van der Waals surface area contributed by atoms with Gasteiger partial charge in [-0.1, -0.05) is 0 Å². The number of nitrogens with zero attached hydrogens (tertiary/aromatic N) is 1. The minimum atomic E-state index is -1.37. The van der Waals surface area contributed by atoms with Crippen LogP contribution >= 0.6 is 0 Å². The van der Waals surface area contributed by atoms with Crippen LogP contribution in [0.15, 0.2) is 15.8 Å². The fraction of sp³-hybridized carbons (Fsp3) is 0.556. The molecule has 0 radical (unpaired) electrons. The monoisotopic (exact) mass is 246 g/mol. The minimum absolute atomic E-state index is 0.639. The highest BCUT2D eigenvalue weighted by atomic mass is 19.1. The zero-order valence-electron chi connectivity index (χ0n) is 8.83. The molecule has 0 amide bonds. The molecule has 0 saturated carbocycles. The first-order valence-corrected chi connectivity index (χ1v) is 4.94. The first-order valence-electron chi connectivity index (χ1n) is 4.94. The number of H-pyrrole nitrogens is 1. The average molecular weight is 246 g/mol. The number of hydrogen-bond acceptors (Lipinski definition) is 5. The summed E-state index contributed by atoms with van der Waals surface area (Å²) in [7, 11) is 0. The van der Waals surface area contributed by atoms with E-state index >= 15 is 0 Å². The Morgan fingerprint density at radius 2 is 2.06 bits per heavy atom. The molecule has 94 valence electrons. The summed E-state index contributed by atoms with van der Waals surface area (Å²) < 4.78 is 18.9. The molecule has 1 saturated heterocycles. The van der Waals surface area contributed by atoms with Gasteiger partial charge in [-0.25, -0.2) is 4.79 Å². The van der Waals surface area contributed by atoms with Gasteiger partial charge >= 0.3 is 5.69 Å². The Morgan fingerprint density at radius 1 is 1.41 bits per heavy atom. The van der Waals surface area contributed by atoms with E-state index in [-0.39, 0.29) is 0 Å². The van der Waals surface area contributed by atoms with Gasteiger partial charge in [-0.15, -0.1) is 0 Å². The fourth-order valence-electron chi connectivity index (χ4n) is 1.71. The Labute approximate surface area is 94.1 Å². The van der Waals surface area contributed by atoms with Crippen molar-refractivity contribution in [2.24, 2.45) is 0 Å². The maximum Gasteiger partial charge on any atom is 0.330 e. The quantitative estimate of drug-likeness (QED) is 0.548. The number of halogens is 1. The second kappa shape index (κ2) is 4.06. The molecular weight excluding hydrogens is 235 g/mol. The number of aliphatic hydroxyl groups is 2. The molecule has 2 rings (SSSR count). The lowest BCUT2D eigenvalue weighted by Crippen LogP contribution is -2.38. The molecule has 1 aromatic rings. The lowest BCUT2D eigenvalue weighted by atomic mass is 10.1. The SMILES string of the molecule is CC1O[C@@H](n2cc(F)c(=O)[nH]c2=O)C(O)[C@H]1O. The minimum Gasteiger partial charge on any atom is -0.388 e. The maximum atomic E-state index is 13.0. The zero-order valence-corrected chi connectivity index (χ0v) is 8.83. The van der Waals surface area contributed by atoms with Gasteiger partial charge in [0.05, 0.1) is 12.3 Å². The lowest BCUT2D eigenvalue weighted by molar-refractivity contribution is -0.0356. The summed E-state index contributed by atoms with van der Waals surface area (Å²) in [6, 6.07) is 0. The molecule has 4 atom stereocenters. The van der Waals surface area contributed by atoms with Gasteiger partial charge in [-0.3, -0.25) is 14.3 Å². The van der Waals surface area contributed by atoms with Crippen LogP contribution in [0.1, 0.15) is 13.2 Å². The van der Waals surface area contributed by atoms with E-state index in [4.69, 9.17) is 4.74 Å². The van der Waals surface area contributed by atoms with E-state index in [2.05, 4.69) is 0 Å². The molecule has 8 heteroatoms. The molecular formula is C9H11FN2O5. The second-order valence-electron chi connectivity index (χ2n) is 3.86. The zero-order chi connectivity index (χ0) is 12.7. The first-order chi connectivity index (χ1) is 7.91. The Hall–Kier alpha value is -1.51. The van der Waals surface area contributed by atoms with E-state index < -0.39 is 41.6 Å². The smallest absolute Gasteiger partial charge is 0.330 e. The van der Waals surface area contributed by atoms with Gasteiger partial charge in [0.15, 0.2) is 6.23 Å². The predicted octanol–water partition coefficient (Wildman–Crippen LogP) is -1.69. The van der Waals surface area contributed by atoms with Crippen molar-refractivity contribution in [3.8, 4) is 0 Å². The third kappa shape index (κ3) is 1.90. The second-order valence-corrected chi connectivity index (χ2v) is 3.86. The molecule has 0 aromatic carbocycles. The lowest BCUT2D eigenvalue weighted by Gasteiger charge is -2.16. The van der Waals surface area contributed by atoms with E-state index in [0.717, 1.165) is 0 Å². The van der Waals surface area contributed by atoms with Crippen molar-refractivity contribution >= 4 is 0 Å². The average Bonchev–Trinajstić information content (AvgIpc) is 2.51. The van der Waals surface area contributed by atoms with Crippen LogP contribution in [0.25, 0.3) is 0 Å². The van der Waals surface area contributed by atoms with Crippen LogP contribution in [0.3, 0.4) is 0 Å². The van der Waals surface area contributed by atoms with E-state index in [1.54, 1.807) is 4.98 Å². The van der Waals surface area contributed by atoms with Crippen molar-refractivity contribution in [1.82, 2.24) is 9.55 Å². The molecule has 3 N–H and O–H groups in total. The van der Waals surface area contributed by atoms with E-state index in [1.165, 1.54) is 6.92 Å². The van der Waals surface area contributed by atoms with E-state index in [0.29, 0.717) is 10.8 Å². The number of hydrogen-bond donors (Lipinski definition) is 3. The molecule has 1 aliphatic heterocycles. The van der Waals surface area contributed by atoms with Gasteiger partial charge in [0.1, 0.15) is 12.2 Å². The Balaban J connectivity index is 2.46. The summed E-state index contributed by atoms with van der Waals surface area (Å²) in [5, 5.41) is 19.1. The van der Waals surface area contributed by atoms with Crippen LogP contribution in [0, 0.1) is 5.82 Å². The van der Waals surface area contributed by atoms with Gasteiger partial charge in [0, 0.05) is 0 Å². The number of rotatable bonds is 1. The van der Waals surface area contributed by atoms with Crippen LogP contribution in [0.2, 0.25) is 0 Å². The Morgan fingerprint density at radius 3 is 2.59 bits per heavy atom. The topological polar surface area (TPSA) is 105 Å². The van der Waals surface area contributed by atoms with Gasteiger partial charge < -0.3 is 14.9 Å². The molecule has 0 spiro atoms. The van der Waals surface area contributed by atoms with Crippen LogP contribution in [0.5, 0.6) is 0 Å². The standard InChI is InChI=1S/C9H11FN2O5/c1-3-5(13)6(14)8(17-3)12-2-4(10)7(15)11-9(12)16/h2-3,5-6,8,13-14H,1H3,(H,11,15,16)/t3?,5-,6?,8+/m0/s1. The Bertz CT molecular complexity index is 539. The van der Waals surface area contributed by atoms with Crippen molar-refractivity contribution in [2.45, 2.75) is 31.5 Å². The van der Waals surface area contributed by atoms with Crippen LogP contribution in [0.4, 0.5) is 4.39 Å². The van der Waals surface area contributed by atoms with Gasteiger partial charge in [0.25, 0.3) is 5.56 Å². The van der Waals surface area contributed by atoms with E-state index in [1.807, 2.05) is 0 Å². The largest absolute Gasteiger partial charge is 0.388 e. The number of ether oxygens (including phenoxy) is 1. The van der Waals surface area contributed by atoms with Crippen molar-refractivity contribution in [2.75, 3.05) is 0 Å². The first kappa shape index (κ1) is 12.0. The van der Waals surface area contributed by atoms with Crippen LogP contribution in [-0.2, 0) is 4.74 Å².